The minimum Gasteiger partial charge on any atom is -0.489 e. The lowest BCUT2D eigenvalue weighted by atomic mass is 9.71. The molecule has 0 amide bonds. The summed E-state index contributed by atoms with van der Waals surface area (Å²) in [6.45, 7) is 6.80. The first-order valence-electron chi connectivity index (χ1n) is 6.16. The Balaban J connectivity index is 2.06. The zero-order valence-corrected chi connectivity index (χ0v) is 10.7. The van der Waals surface area contributed by atoms with Crippen molar-refractivity contribution in [1.82, 2.24) is 10.2 Å². The Morgan fingerprint density at radius 2 is 2.24 bits per heavy atom. The predicted molar refractivity (Wildman–Crippen MR) is 66.1 cm³/mol. The van der Waals surface area contributed by atoms with E-state index in [2.05, 4.69) is 31.0 Å². The van der Waals surface area contributed by atoms with Gasteiger partial charge < -0.3 is 4.74 Å². The van der Waals surface area contributed by atoms with Crippen LogP contribution in [0.5, 0.6) is 5.75 Å². The van der Waals surface area contributed by atoms with Gasteiger partial charge in [-0.05, 0) is 30.6 Å². The number of rotatable bonds is 2. The van der Waals surface area contributed by atoms with E-state index >= 15 is 0 Å². The zero-order chi connectivity index (χ0) is 12.5. The number of nitrogens with zero attached hydrogens (tertiary/aromatic N) is 1. The van der Waals surface area contributed by atoms with Crippen molar-refractivity contribution in [3.05, 3.63) is 22.6 Å². The Morgan fingerprint density at radius 3 is 2.88 bits per heavy atom. The van der Waals surface area contributed by atoms with Gasteiger partial charge >= 0.3 is 0 Å². The van der Waals surface area contributed by atoms with Gasteiger partial charge in [-0.15, -0.1) is 0 Å². The molecule has 4 nitrogen and oxygen atoms in total. The highest BCUT2D eigenvalue weighted by Crippen LogP contribution is 2.39. The van der Waals surface area contributed by atoms with Gasteiger partial charge in [-0.1, -0.05) is 20.8 Å². The zero-order valence-electron chi connectivity index (χ0n) is 10.7. The molecule has 0 aliphatic heterocycles. The van der Waals surface area contributed by atoms with Gasteiger partial charge in [0, 0.05) is 6.07 Å². The number of hydrogen-bond donors (Lipinski definition) is 1. The Kier molecular flexibility index (Phi) is 3.22. The van der Waals surface area contributed by atoms with Crippen LogP contribution in [-0.4, -0.2) is 16.3 Å². The van der Waals surface area contributed by atoms with Crippen molar-refractivity contribution in [3.63, 3.8) is 0 Å². The molecule has 94 valence electrons. The van der Waals surface area contributed by atoms with Crippen molar-refractivity contribution < 1.29 is 4.74 Å². The normalized spacial score (nSPS) is 27.7. The van der Waals surface area contributed by atoms with E-state index in [1.54, 1.807) is 6.20 Å². The second-order valence-corrected chi connectivity index (χ2v) is 5.93. The highest BCUT2D eigenvalue weighted by Gasteiger charge is 2.33. The molecule has 1 aromatic heterocycles. The monoisotopic (exact) mass is 236 g/mol. The van der Waals surface area contributed by atoms with Crippen LogP contribution in [0.4, 0.5) is 0 Å². The molecule has 0 spiro atoms. The lowest BCUT2D eigenvalue weighted by Crippen LogP contribution is -2.34. The molecule has 1 N–H and O–H groups in total. The van der Waals surface area contributed by atoms with Gasteiger partial charge in [0.1, 0.15) is 5.75 Å². The summed E-state index contributed by atoms with van der Waals surface area (Å²) in [6, 6.07) is 1.46. The molecule has 2 rings (SSSR count). The molecule has 1 aliphatic carbocycles. The first-order chi connectivity index (χ1) is 7.94. The molecule has 1 saturated carbocycles. The SMILES string of the molecule is CC1CC(Oc2cn[nH]c(=O)c2)CC(C)(C)C1. The molecule has 0 bridgehead atoms. The summed E-state index contributed by atoms with van der Waals surface area (Å²) in [7, 11) is 0. The smallest absolute Gasteiger partial charge is 0.267 e. The number of aromatic amines is 1. The van der Waals surface area contributed by atoms with E-state index in [-0.39, 0.29) is 11.7 Å². The minimum atomic E-state index is -0.217. The van der Waals surface area contributed by atoms with Gasteiger partial charge in [0.05, 0.1) is 12.3 Å². The van der Waals surface area contributed by atoms with Crippen LogP contribution in [0.25, 0.3) is 0 Å². The third-order valence-corrected chi connectivity index (χ3v) is 3.29. The third-order valence-electron chi connectivity index (χ3n) is 3.29. The van der Waals surface area contributed by atoms with Gasteiger partial charge in [0.2, 0.25) is 0 Å². The molecule has 17 heavy (non-hydrogen) atoms. The molecule has 1 heterocycles. The molecule has 0 saturated heterocycles. The van der Waals surface area contributed by atoms with E-state index < -0.39 is 0 Å². The van der Waals surface area contributed by atoms with E-state index in [9.17, 15) is 4.79 Å². The lowest BCUT2D eigenvalue weighted by Gasteiger charge is -2.38. The number of nitrogens with one attached hydrogen (secondary N) is 1. The van der Waals surface area contributed by atoms with Crippen molar-refractivity contribution in [2.45, 2.75) is 46.1 Å². The van der Waals surface area contributed by atoms with Crippen LogP contribution in [0.3, 0.4) is 0 Å². The fourth-order valence-electron chi connectivity index (χ4n) is 2.96. The Hall–Kier alpha value is -1.32. The van der Waals surface area contributed by atoms with Crippen LogP contribution >= 0.6 is 0 Å². The fraction of sp³-hybridized carbons (Fsp3) is 0.692. The lowest BCUT2D eigenvalue weighted by molar-refractivity contribution is 0.0558. The molecule has 2 atom stereocenters. The molecule has 0 radical (unpaired) electrons. The van der Waals surface area contributed by atoms with Crippen LogP contribution in [0.15, 0.2) is 17.1 Å². The van der Waals surface area contributed by atoms with Gasteiger partial charge in [0.15, 0.2) is 0 Å². The molecule has 4 heteroatoms. The van der Waals surface area contributed by atoms with Crippen molar-refractivity contribution in [2.75, 3.05) is 0 Å². The summed E-state index contributed by atoms with van der Waals surface area (Å²) in [5.74, 6) is 1.24. The molecule has 2 unspecified atom stereocenters. The summed E-state index contributed by atoms with van der Waals surface area (Å²) < 4.78 is 5.86. The van der Waals surface area contributed by atoms with E-state index in [4.69, 9.17) is 4.74 Å². The van der Waals surface area contributed by atoms with Gasteiger partial charge in [-0.25, -0.2) is 5.10 Å². The van der Waals surface area contributed by atoms with Gasteiger partial charge in [-0.2, -0.15) is 5.10 Å². The highest BCUT2D eigenvalue weighted by molar-refractivity contribution is 5.13. The first-order valence-corrected chi connectivity index (χ1v) is 6.16. The maximum absolute atomic E-state index is 11.1. The Bertz CT molecular complexity index is 439. The number of H-pyrrole nitrogens is 1. The van der Waals surface area contributed by atoms with E-state index in [0.717, 1.165) is 12.8 Å². The summed E-state index contributed by atoms with van der Waals surface area (Å²) in [6.07, 6.45) is 5.08. The Labute approximate surface area is 101 Å². The molecule has 1 fully saturated rings. The molecular weight excluding hydrogens is 216 g/mol. The summed E-state index contributed by atoms with van der Waals surface area (Å²) >= 11 is 0. The average Bonchev–Trinajstić information content (AvgIpc) is 2.13. The Morgan fingerprint density at radius 1 is 1.47 bits per heavy atom. The van der Waals surface area contributed by atoms with Crippen molar-refractivity contribution >= 4 is 0 Å². The van der Waals surface area contributed by atoms with Gasteiger partial charge in [0.25, 0.3) is 5.56 Å². The average molecular weight is 236 g/mol. The quantitative estimate of drug-likeness (QED) is 0.857. The second kappa shape index (κ2) is 4.51. The van der Waals surface area contributed by atoms with E-state index in [1.807, 2.05) is 0 Å². The van der Waals surface area contributed by atoms with E-state index in [1.165, 1.54) is 12.5 Å². The maximum Gasteiger partial charge on any atom is 0.267 e. The number of hydrogen-bond acceptors (Lipinski definition) is 3. The van der Waals surface area contributed by atoms with Crippen LogP contribution in [0.2, 0.25) is 0 Å². The molecule has 0 aromatic carbocycles. The topological polar surface area (TPSA) is 55.0 Å². The van der Waals surface area contributed by atoms with Crippen LogP contribution in [0.1, 0.15) is 40.0 Å². The standard InChI is InChI=1S/C13H20N2O2/c1-9-4-10(7-13(2,3)6-9)17-11-5-12(16)15-14-8-11/h5,8-10H,4,6-7H2,1-3H3,(H,15,16). The van der Waals surface area contributed by atoms with Crippen LogP contribution in [0, 0.1) is 11.3 Å². The third kappa shape index (κ3) is 3.32. The van der Waals surface area contributed by atoms with E-state index in [0.29, 0.717) is 17.1 Å². The molecule has 1 aromatic rings. The number of ether oxygens (including phenoxy) is 1. The van der Waals surface area contributed by atoms with Crippen LogP contribution < -0.4 is 10.3 Å². The number of aromatic nitrogens is 2. The summed E-state index contributed by atoms with van der Waals surface area (Å²) in [4.78, 5) is 11.1. The van der Waals surface area contributed by atoms with Crippen LogP contribution in [-0.2, 0) is 0 Å². The maximum atomic E-state index is 11.1. The molecular formula is C13H20N2O2. The minimum absolute atomic E-state index is 0.192. The highest BCUT2D eigenvalue weighted by atomic mass is 16.5. The fourth-order valence-corrected chi connectivity index (χ4v) is 2.96. The van der Waals surface area contributed by atoms with Crippen molar-refractivity contribution in [3.8, 4) is 5.75 Å². The molecule has 1 aliphatic rings. The largest absolute Gasteiger partial charge is 0.489 e. The summed E-state index contributed by atoms with van der Waals surface area (Å²) in [5.41, 5.74) is 0.0994. The summed E-state index contributed by atoms with van der Waals surface area (Å²) in [5, 5.41) is 6.09. The van der Waals surface area contributed by atoms with Crippen molar-refractivity contribution in [2.24, 2.45) is 11.3 Å². The van der Waals surface area contributed by atoms with Crippen molar-refractivity contribution in [1.29, 1.82) is 0 Å². The van der Waals surface area contributed by atoms with Gasteiger partial charge in [-0.3, -0.25) is 4.79 Å². The first kappa shape index (κ1) is 12.1. The second-order valence-electron chi connectivity index (χ2n) is 5.93. The predicted octanol–water partition coefficient (Wildman–Crippen LogP) is 2.36.